The Bertz CT molecular complexity index is 734. The Hall–Kier alpha value is -2.83. The van der Waals surface area contributed by atoms with E-state index in [4.69, 9.17) is 13.9 Å². The molecule has 1 aromatic heterocycles. The highest BCUT2D eigenvalue weighted by Gasteiger charge is 2.17. The fourth-order valence-electron chi connectivity index (χ4n) is 1.94. The predicted octanol–water partition coefficient (Wildman–Crippen LogP) is 2.88. The van der Waals surface area contributed by atoms with Crippen LogP contribution in [-0.4, -0.2) is 26.2 Å². The van der Waals surface area contributed by atoms with Gasteiger partial charge in [-0.2, -0.15) is 0 Å². The number of carbonyl (C=O) groups is 2. The highest BCUT2D eigenvalue weighted by molar-refractivity contribution is 5.91. The monoisotopic (exact) mass is 322 g/mol. The van der Waals surface area contributed by atoms with Crippen molar-refractivity contribution < 1.29 is 32.6 Å². The Morgan fingerprint density at radius 2 is 1.91 bits per heavy atom. The molecule has 0 aliphatic rings. The van der Waals surface area contributed by atoms with Gasteiger partial charge in [-0.25, -0.2) is 14.0 Å². The molecule has 2 aromatic rings. The summed E-state index contributed by atoms with van der Waals surface area (Å²) in [4.78, 5) is 23.4. The van der Waals surface area contributed by atoms with Crippen molar-refractivity contribution in [1.29, 1.82) is 0 Å². The van der Waals surface area contributed by atoms with E-state index in [-0.39, 0.29) is 29.2 Å². The molecule has 0 amide bonds. The Labute approximate surface area is 131 Å². The lowest BCUT2D eigenvalue weighted by Gasteiger charge is -2.05. The minimum atomic E-state index is -0.722. The molecule has 23 heavy (non-hydrogen) atoms. The molecule has 1 heterocycles. The van der Waals surface area contributed by atoms with Gasteiger partial charge in [-0.1, -0.05) is 0 Å². The van der Waals surface area contributed by atoms with E-state index >= 15 is 0 Å². The summed E-state index contributed by atoms with van der Waals surface area (Å²) < 4.78 is 33.3. The number of esters is 2. The van der Waals surface area contributed by atoms with Crippen LogP contribution in [0.3, 0.4) is 0 Å². The van der Waals surface area contributed by atoms with Crippen LogP contribution in [0.15, 0.2) is 28.7 Å². The first-order valence-corrected chi connectivity index (χ1v) is 6.64. The lowest BCUT2D eigenvalue weighted by atomic mass is 10.2. The maximum Gasteiger partial charge on any atom is 0.341 e. The Balaban J connectivity index is 2.04. The third-order valence-electron chi connectivity index (χ3n) is 3.11. The summed E-state index contributed by atoms with van der Waals surface area (Å²) in [5, 5.41) is 0. The minimum absolute atomic E-state index is 0.0333. The molecule has 0 aliphatic heterocycles. The van der Waals surface area contributed by atoms with Gasteiger partial charge in [0.05, 0.1) is 19.8 Å². The van der Waals surface area contributed by atoms with Crippen molar-refractivity contribution in [3.05, 3.63) is 52.7 Å². The lowest BCUT2D eigenvalue weighted by Crippen LogP contribution is -2.05. The van der Waals surface area contributed by atoms with Gasteiger partial charge in [0.15, 0.2) is 11.6 Å². The average Bonchev–Trinajstić information content (AvgIpc) is 2.92. The van der Waals surface area contributed by atoms with Crippen molar-refractivity contribution in [1.82, 2.24) is 0 Å². The maximum absolute atomic E-state index is 13.6. The molecule has 0 fully saturated rings. The molecular weight excluding hydrogens is 307 g/mol. The summed E-state index contributed by atoms with van der Waals surface area (Å²) in [6.45, 7) is 1.40. The van der Waals surface area contributed by atoms with Crippen molar-refractivity contribution in [2.45, 2.75) is 13.5 Å². The van der Waals surface area contributed by atoms with Gasteiger partial charge in [0.1, 0.15) is 23.7 Å². The molecule has 0 atom stereocenters. The van der Waals surface area contributed by atoms with Crippen LogP contribution in [0.4, 0.5) is 4.39 Å². The zero-order valence-electron chi connectivity index (χ0n) is 12.8. The van der Waals surface area contributed by atoms with Crippen LogP contribution in [-0.2, 0) is 16.1 Å². The van der Waals surface area contributed by atoms with Crippen LogP contribution in [0.2, 0.25) is 0 Å². The molecule has 0 radical (unpaired) electrons. The van der Waals surface area contributed by atoms with Crippen molar-refractivity contribution in [3.63, 3.8) is 0 Å². The average molecular weight is 322 g/mol. The van der Waals surface area contributed by atoms with E-state index in [0.29, 0.717) is 5.76 Å². The topological polar surface area (TPSA) is 75.0 Å². The number of hydrogen-bond acceptors (Lipinski definition) is 6. The largest absolute Gasteiger partial charge is 0.494 e. The van der Waals surface area contributed by atoms with Crippen LogP contribution in [0.5, 0.6) is 5.75 Å². The standard InChI is InChI=1S/C16H15FO6/c1-9-12(16(19)21-3)7-11(23-9)8-22-15(18)10-4-5-14(20-2)13(17)6-10/h4-7H,8H2,1-3H3. The number of rotatable bonds is 5. The molecule has 0 saturated heterocycles. The predicted molar refractivity (Wildman–Crippen MR) is 76.9 cm³/mol. The number of carbonyl (C=O) groups excluding carboxylic acids is 2. The summed E-state index contributed by atoms with van der Waals surface area (Å²) in [5.74, 6) is -1.25. The Kier molecular flexibility index (Phi) is 5.00. The molecule has 0 saturated carbocycles. The van der Waals surface area contributed by atoms with Crippen LogP contribution in [0.1, 0.15) is 32.2 Å². The fourth-order valence-corrected chi connectivity index (χ4v) is 1.94. The van der Waals surface area contributed by atoms with Crippen molar-refractivity contribution in [2.75, 3.05) is 14.2 Å². The molecule has 0 N–H and O–H groups in total. The molecule has 2 rings (SSSR count). The smallest absolute Gasteiger partial charge is 0.341 e. The summed E-state index contributed by atoms with van der Waals surface area (Å²) in [6.07, 6.45) is 0. The second-order valence-electron chi connectivity index (χ2n) is 4.60. The second-order valence-corrected chi connectivity index (χ2v) is 4.60. The van der Waals surface area contributed by atoms with E-state index in [1.807, 2.05) is 0 Å². The second kappa shape index (κ2) is 6.95. The van der Waals surface area contributed by atoms with E-state index in [1.54, 1.807) is 6.92 Å². The molecular formula is C16H15FO6. The summed E-state index contributed by atoms with van der Waals surface area (Å²) in [6, 6.07) is 5.17. The maximum atomic E-state index is 13.6. The van der Waals surface area contributed by atoms with Gasteiger partial charge in [-0.3, -0.25) is 0 Å². The van der Waals surface area contributed by atoms with Crippen LogP contribution in [0, 0.1) is 12.7 Å². The number of ether oxygens (including phenoxy) is 3. The number of aryl methyl sites for hydroxylation is 1. The third kappa shape index (κ3) is 3.68. The van der Waals surface area contributed by atoms with Gasteiger partial charge in [0.25, 0.3) is 0 Å². The zero-order chi connectivity index (χ0) is 17.0. The fraction of sp³-hybridized carbons (Fsp3) is 0.250. The Morgan fingerprint density at radius 1 is 1.17 bits per heavy atom. The van der Waals surface area contributed by atoms with Crippen LogP contribution < -0.4 is 4.74 Å². The molecule has 0 aliphatic carbocycles. The van der Waals surface area contributed by atoms with Crippen molar-refractivity contribution >= 4 is 11.9 Å². The van der Waals surface area contributed by atoms with Gasteiger partial charge in [0.2, 0.25) is 0 Å². The highest BCUT2D eigenvalue weighted by atomic mass is 19.1. The normalized spacial score (nSPS) is 10.3. The molecule has 1 aromatic carbocycles. The van der Waals surface area contributed by atoms with E-state index in [9.17, 15) is 14.0 Å². The van der Waals surface area contributed by atoms with Gasteiger partial charge in [0, 0.05) is 0 Å². The molecule has 0 spiro atoms. The SMILES string of the molecule is COC(=O)c1cc(COC(=O)c2ccc(OC)c(F)c2)oc1C. The van der Waals surface area contributed by atoms with E-state index < -0.39 is 17.8 Å². The van der Waals surface area contributed by atoms with Crippen molar-refractivity contribution in [3.8, 4) is 5.75 Å². The Morgan fingerprint density at radius 3 is 2.52 bits per heavy atom. The van der Waals surface area contributed by atoms with Gasteiger partial charge in [-0.05, 0) is 31.2 Å². The number of methoxy groups -OCH3 is 2. The molecule has 6 nitrogen and oxygen atoms in total. The summed E-state index contributed by atoms with van der Waals surface area (Å²) in [7, 11) is 2.58. The van der Waals surface area contributed by atoms with Crippen LogP contribution in [0.25, 0.3) is 0 Å². The first-order valence-electron chi connectivity index (χ1n) is 6.64. The number of furan rings is 1. The minimum Gasteiger partial charge on any atom is -0.494 e. The van der Waals surface area contributed by atoms with Crippen molar-refractivity contribution in [2.24, 2.45) is 0 Å². The van der Waals surface area contributed by atoms with E-state index in [0.717, 1.165) is 6.07 Å². The van der Waals surface area contributed by atoms with Gasteiger partial charge < -0.3 is 18.6 Å². The molecule has 122 valence electrons. The third-order valence-corrected chi connectivity index (χ3v) is 3.11. The first kappa shape index (κ1) is 16.5. The number of hydrogen-bond donors (Lipinski definition) is 0. The van der Waals surface area contributed by atoms with E-state index in [1.165, 1.54) is 32.4 Å². The van der Waals surface area contributed by atoms with E-state index in [2.05, 4.69) is 4.74 Å². The number of halogens is 1. The molecule has 0 bridgehead atoms. The lowest BCUT2D eigenvalue weighted by molar-refractivity contribution is 0.0443. The zero-order valence-corrected chi connectivity index (χ0v) is 12.8. The number of benzene rings is 1. The summed E-state index contributed by atoms with van der Waals surface area (Å²) in [5.41, 5.74) is 0.300. The molecule has 0 unspecified atom stereocenters. The first-order chi connectivity index (χ1) is 11.0. The van der Waals surface area contributed by atoms with Gasteiger partial charge >= 0.3 is 11.9 Å². The summed E-state index contributed by atoms with van der Waals surface area (Å²) >= 11 is 0. The van der Waals surface area contributed by atoms with Gasteiger partial charge in [-0.15, -0.1) is 0 Å². The molecule has 7 heteroatoms. The quantitative estimate of drug-likeness (QED) is 0.788. The highest BCUT2D eigenvalue weighted by Crippen LogP contribution is 2.20. The van der Waals surface area contributed by atoms with Crippen LogP contribution >= 0.6 is 0 Å².